The van der Waals surface area contributed by atoms with Gasteiger partial charge in [0.05, 0.1) is 11.0 Å². The van der Waals surface area contributed by atoms with Gasteiger partial charge in [-0.2, -0.15) is 0 Å². The van der Waals surface area contributed by atoms with Crippen LogP contribution in [0.25, 0.3) is 108 Å². The number of hydrogen-bond acceptors (Lipinski definition) is 5. The fourth-order valence-corrected chi connectivity index (χ4v) is 10.6. The van der Waals surface area contributed by atoms with Gasteiger partial charge in [0.1, 0.15) is 27.2 Å². The molecule has 0 N–H and O–H groups in total. The number of allylic oxidation sites excluding steroid dienone is 4. The lowest BCUT2D eigenvalue weighted by Crippen LogP contribution is -2.04. The topological polar surface area (TPSA) is 43.9 Å². The van der Waals surface area contributed by atoms with Gasteiger partial charge in [-0.15, -0.1) is 23.1 Å². The molecule has 6 heteroatoms. The molecule has 0 aliphatic heterocycles. The first-order valence-corrected chi connectivity index (χ1v) is 20.7. The first kappa shape index (κ1) is 31.2. The number of furan rings is 1. The quantitative estimate of drug-likeness (QED) is 0.133. The third kappa shape index (κ3) is 4.53. The van der Waals surface area contributed by atoms with Gasteiger partial charge in [-0.1, -0.05) is 109 Å². The standard InChI is InChI=1S/C49H31N3OS2/c1-54-43-27-38-39(26-37(43)28-13-3-2-4-14-28)52(47-35-19-8-6-16-31(35)30-15-5-7-18-34(30)44(38)47)48-45(51-49-46(50-48)36-20-10-12-22-42(36)55-49)29-23-24-33-32-17-9-11-21-40(32)53-41(33)25-29/h2-3,5-13,15-27H,4,14H2,1H3. The van der Waals surface area contributed by atoms with E-state index in [1.807, 2.05) is 23.9 Å². The van der Waals surface area contributed by atoms with E-state index >= 15 is 0 Å². The van der Waals surface area contributed by atoms with E-state index in [9.17, 15) is 0 Å². The van der Waals surface area contributed by atoms with Crippen molar-refractivity contribution in [3.63, 3.8) is 0 Å². The van der Waals surface area contributed by atoms with Crippen LogP contribution in [0.4, 0.5) is 0 Å². The largest absolute Gasteiger partial charge is 0.456 e. The molecule has 0 unspecified atom stereocenters. The zero-order valence-corrected chi connectivity index (χ0v) is 31.5. The highest BCUT2D eigenvalue weighted by molar-refractivity contribution is 7.98. The molecule has 0 fully saturated rings. The van der Waals surface area contributed by atoms with E-state index in [-0.39, 0.29) is 0 Å². The Kier molecular flexibility index (Phi) is 6.74. The van der Waals surface area contributed by atoms with Crippen molar-refractivity contribution in [1.82, 2.24) is 14.5 Å². The molecule has 0 radical (unpaired) electrons. The minimum atomic E-state index is 0.812. The molecule has 11 aromatic rings. The highest BCUT2D eigenvalue weighted by Gasteiger charge is 2.26. The van der Waals surface area contributed by atoms with Gasteiger partial charge in [-0.3, -0.25) is 4.57 Å². The fraction of sp³-hybridized carbons (Fsp3) is 0.0612. The lowest BCUT2D eigenvalue weighted by molar-refractivity contribution is 0.669. The summed E-state index contributed by atoms with van der Waals surface area (Å²) < 4.78 is 10.1. The molecule has 4 aromatic heterocycles. The zero-order valence-electron chi connectivity index (χ0n) is 29.8. The molecule has 4 nitrogen and oxygen atoms in total. The summed E-state index contributed by atoms with van der Waals surface area (Å²) in [5.41, 5.74) is 9.34. The number of thiophene rings is 1. The molecule has 12 rings (SSSR count). The fourth-order valence-electron chi connectivity index (χ4n) is 8.90. The summed E-state index contributed by atoms with van der Waals surface area (Å²) in [4.78, 5) is 13.5. The number of hydrogen-bond donors (Lipinski definition) is 0. The zero-order chi connectivity index (χ0) is 36.2. The number of nitrogens with zero attached hydrogens (tertiary/aromatic N) is 3. The van der Waals surface area contributed by atoms with Crippen molar-refractivity contribution < 1.29 is 4.42 Å². The van der Waals surface area contributed by atoms with Gasteiger partial charge in [-0.25, -0.2) is 9.97 Å². The van der Waals surface area contributed by atoms with E-state index in [4.69, 9.17) is 14.4 Å². The smallest absolute Gasteiger partial charge is 0.165 e. The maximum atomic E-state index is 6.47. The average molecular weight is 742 g/mol. The minimum absolute atomic E-state index is 0.812. The summed E-state index contributed by atoms with van der Waals surface area (Å²) >= 11 is 3.52. The third-order valence-electron chi connectivity index (χ3n) is 11.4. The van der Waals surface area contributed by atoms with Gasteiger partial charge in [0.25, 0.3) is 0 Å². The van der Waals surface area contributed by atoms with Crippen molar-refractivity contribution in [2.45, 2.75) is 17.7 Å². The summed E-state index contributed by atoms with van der Waals surface area (Å²) in [6, 6.07) is 45.9. The molecule has 0 bridgehead atoms. The first-order chi connectivity index (χ1) is 27.2. The van der Waals surface area contributed by atoms with Crippen LogP contribution in [0, 0.1) is 0 Å². The van der Waals surface area contributed by atoms with Crippen molar-refractivity contribution in [3.8, 4) is 17.1 Å². The Labute approximate surface area is 324 Å². The second-order valence-corrected chi connectivity index (χ2v) is 16.2. The summed E-state index contributed by atoms with van der Waals surface area (Å²) in [6.45, 7) is 0. The van der Waals surface area contributed by atoms with Crippen LogP contribution in [0.5, 0.6) is 0 Å². The second kappa shape index (κ2) is 11.9. The molecule has 260 valence electrons. The van der Waals surface area contributed by atoms with Gasteiger partial charge >= 0.3 is 0 Å². The summed E-state index contributed by atoms with van der Waals surface area (Å²) in [5, 5.41) is 10.7. The van der Waals surface area contributed by atoms with Crippen LogP contribution >= 0.6 is 23.1 Å². The molecule has 7 aromatic carbocycles. The van der Waals surface area contributed by atoms with Crippen LogP contribution in [-0.2, 0) is 0 Å². The number of rotatable bonds is 4. The lowest BCUT2D eigenvalue weighted by atomic mass is 9.94. The highest BCUT2D eigenvalue weighted by Crippen LogP contribution is 2.47. The van der Waals surface area contributed by atoms with Crippen LogP contribution in [0.3, 0.4) is 0 Å². The summed E-state index contributed by atoms with van der Waals surface area (Å²) in [7, 11) is 0. The molecule has 4 heterocycles. The maximum absolute atomic E-state index is 6.47. The van der Waals surface area contributed by atoms with Crippen molar-refractivity contribution >= 4 is 114 Å². The SMILES string of the molecule is CSc1cc2c3c4ccccc4c4ccccc4c3n(-c3nc4c(nc3-c3ccc5c(c3)oc3ccccc35)sc3ccccc34)c2cc1C1=CC=CCC1. The Bertz CT molecular complexity index is 3490. The van der Waals surface area contributed by atoms with E-state index in [1.165, 1.54) is 53.0 Å². The summed E-state index contributed by atoms with van der Waals surface area (Å²) in [5.74, 6) is 0.812. The van der Waals surface area contributed by atoms with Gasteiger partial charge in [0.2, 0.25) is 0 Å². The maximum Gasteiger partial charge on any atom is 0.165 e. The Morgan fingerprint density at radius 1 is 0.673 bits per heavy atom. The molecule has 0 saturated heterocycles. The predicted molar refractivity (Wildman–Crippen MR) is 235 cm³/mol. The van der Waals surface area contributed by atoms with Crippen molar-refractivity contribution in [3.05, 3.63) is 151 Å². The molecule has 0 atom stereocenters. The number of benzene rings is 7. The average Bonchev–Trinajstić information content (AvgIpc) is 3.92. The molecule has 0 spiro atoms. The first-order valence-electron chi connectivity index (χ1n) is 18.7. The highest BCUT2D eigenvalue weighted by atomic mass is 32.2. The van der Waals surface area contributed by atoms with E-state index in [0.29, 0.717) is 0 Å². The monoisotopic (exact) mass is 741 g/mol. The Morgan fingerprint density at radius 3 is 2.22 bits per heavy atom. The number of para-hydroxylation sites is 1. The Morgan fingerprint density at radius 2 is 1.40 bits per heavy atom. The van der Waals surface area contributed by atoms with E-state index in [0.717, 1.165) is 78.6 Å². The van der Waals surface area contributed by atoms with Crippen LogP contribution in [0.15, 0.2) is 155 Å². The van der Waals surface area contributed by atoms with Gasteiger partial charge in [0.15, 0.2) is 5.82 Å². The second-order valence-electron chi connectivity index (χ2n) is 14.3. The van der Waals surface area contributed by atoms with Crippen LogP contribution in [0.2, 0.25) is 0 Å². The molecule has 0 amide bonds. The van der Waals surface area contributed by atoms with Gasteiger partial charge in [0, 0.05) is 47.5 Å². The number of aromatic nitrogens is 3. The lowest BCUT2D eigenvalue weighted by Gasteiger charge is -2.16. The van der Waals surface area contributed by atoms with Crippen molar-refractivity contribution in [1.29, 1.82) is 0 Å². The van der Waals surface area contributed by atoms with Crippen molar-refractivity contribution in [2.75, 3.05) is 6.26 Å². The predicted octanol–water partition coefficient (Wildman–Crippen LogP) is 14.3. The normalized spacial score (nSPS) is 13.5. The third-order valence-corrected chi connectivity index (χ3v) is 13.2. The molecule has 1 aliphatic rings. The Balaban J connectivity index is 1.29. The molecule has 0 saturated carbocycles. The summed E-state index contributed by atoms with van der Waals surface area (Å²) in [6.07, 6.45) is 11.0. The van der Waals surface area contributed by atoms with E-state index in [2.05, 4.69) is 144 Å². The number of fused-ring (bicyclic) bond motifs is 14. The minimum Gasteiger partial charge on any atom is -0.456 e. The molecular formula is C49H31N3OS2. The van der Waals surface area contributed by atoms with E-state index < -0.39 is 0 Å². The van der Waals surface area contributed by atoms with Crippen LogP contribution in [0.1, 0.15) is 18.4 Å². The molecular weight excluding hydrogens is 711 g/mol. The Hall–Kier alpha value is -6.21. The van der Waals surface area contributed by atoms with Crippen LogP contribution in [-0.4, -0.2) is 20.8 Å². The van der Waals surface area contributed by atoms with E-state index in [1.54, 1.807) is 11.3 Å². The molecule has 55 heavy (non-hydrogen) atoms. The molecule has 1 aliphatic carbocycles. The van der Waals surface area contributed by atoms with Crippen LogP contribution < -0.4 is 0 Å². The van der Waals surface area contributed by atoms with Gasteiger partial charge < -0.3 is 4.42 Å². The number of thioether (sulfide) groups is 1. The van der Waals surface area contributed by atoms with Gasteiger partial charge in [-0.05, 0) is 82.8 Å². The van der Waals surface area contributed by atoms with Crippen molar-refractivity contribution in [2.24, 2.45) is 0 Å².